The van der Waals surface area contributed by atoms with Gasteiger partial charge < -0.3 is 20.1 Å². The van der Waals surface area contributed by atoms with Crippen molar-refractivity contribution in [1.29, 1.82) is 0 Å². The van der Waals surface area contributed by atoms with E-state index in [-0.39, 0.29) is 25.3 Å². The number of rotatable bonds is 8. The minimum Gasteiger partial charge on any atom is -0.468 e. The normalized spacial score (nSPS) is 10.5. The van der Waals surface area contributed by atoms with Crippen LogP contribution in [-0.4, -0.2) is 27.4 Å². The lowest BCUT2D eigenvalue weighted by Gasteiger charge is -2.07. The predicted octanol–water partition coefficient (Wildman–Crippen LogP) is 0.101. The molecule has 134 valence electrons. The lowest BCUT2D eigenvalue weighted by molar-refractivity contribution is -0.121. The number of carbonyl (C=O) groups is 1. The number of amides is 1. The van der Waals surface area contributed by atoms with Crippen LogP contribution in [0.25, 0.3) is 0 Å². The highest BCUT2D eigenvalue weighted by molar-refractivity contribution is 5.75. The van der Waals surface area contributed by atoms with E-state index in [0.717, 1.165) is 10.1 Å². The Labute approximate surface area is 141 Å². The number of benzene rings is 1. The molecule has 2 rings (SSSR count). The molecule has 1 aromatic heterocycles. The van der Waals surface area contributed by atoms with E-state index in [0.29, 0.717) is 18.5 Å². The average molecular weight is 351 g/mol. The van der Waals surface area contributed by atoms with Gasteiger partial charge in [0.15, 0.2) is 6.79 Å². The van der Waals surface area contributed by atoms with Crippen molar-refractivity contribution < 1.29 is 19.0 Å². The van der Waals surface area contributed by atoms with Gasteiger partial charge in [-0.1, -0.05) is 12.1 Å². The number of ether oxygens (including phenoxy) is 1. The van der Waals surface area contributed by atoms with Gasteiger partial charge in [-0.25, -0.2) is 4.79 Å². The number of nitrogens with zero attached hydrogens (tertiary/aromatic N) is 1. The van der Waals surface area contributed by atoms with Crippen LogP contribution in [0, 0.1) is 5.82 Å². The van der Waals surface area contributed by atoms with Crippen LogP contribution in [0.1, 0.15) is 18.4 Å². The summed E-state index contributed by atoms with van der Waals surface area (Å²) < 4.78 is 18.7. The molecular formula is C16H18FN3O5. The Hall–Kier alpha value is -2.94. The van der Waals surface area contributed by atoms with E-state index in [4.69, 9.17) is 9.84 Å². The molecule has 25 heavy (non-hydrogen) atoms. The molecule has 8 nitrogen and oxygen atoms in total. The van der Waals surface area contributed by atoms with Crippen molar-refractivity contribution in [3.8, 4) is 5.75 Å². The maximum Gasteiger partial charge on any atom is 0.328 e. The maximum atomic E-state index is 13.1. The SMILES string of the molecule is O=C(CCCn1c(=O)[nH]cc(F)c1=O)NCc1ccc(OCO)cc1. The van der Waals surface area contributed by atoms with Crippen molar-refractivity contribution in [2.75, 3.05) is 6.79 Å². The second-order valence-corrected chi connectivity index (χ2v) is 5.20. The topological polar surface area (TPSA) is 113 Å². The Morgan fingerprint density at radius 2 is 2.00 bits per heavy atom. The Balaban J connectivity index is 1.79. The summed E-state index contributed by atoms with van der Waals surface area (Å²) in [6.07, 6.45) is 1.03. The fraction of sp³-hybridized carbons (Fsp3) is 0.312. The standard InChI is InChI=1S/C16H18FN3O5/c17-13-9-19-16(24)20(15(13)23)7-1-2-14(22)18-8-11-3-5-12(6-4-11)25-10-21/h3-6,9,21H,1-2,7-8,10H2,(H,18,22)(H,19,24). The zero-order valence-electron chi connectivity index (χ0n) is 13.3. The number of aromatic nitrogens is 2. The predicted molar refractivity (Wildman–Crippen MR) is 86.5 cm³/mol. The van der Waals surface area contributed by atoms with Gasteiger partial charge >= 0.3 is 5.69 Å². The summed E-state index contributed by atoms with van der Waals surface area (Å²) in [7, 11) is 0. The van der Waals surface area contributed by atoms with Crippen molar-refractivity contribution in [3.63, 3.8) is 0 Å². The van der Waals surface area contributed by atoms with Gasteiger partial charge in [-0.3, -0.25) is 14.2 Å². The molecule has 0 aliphatic rings. The van der Waals surface area contributed by atoms with Gasteiger partial charge in [0.05, 0.1) is 0 Å². The van der Waals surface area contributed by atoms with E-state index < -0.39 is 23.9 Å². The van der Waals surface area contributed by atoms with Crippen molar-refractivity contribution in [2.45, 2.75) is 25.9 Å². The van der Waals surface area contributed by atoms with E-state index in [2.05, 4.69) is 10.3 Å². The first-order chi connectivity index (χ1) is 12.0. The van der Waals surface area contributed by atoms with Gasteiger partial charge in [0.2, 0.25) is 11.7 Å². The molecule has 0 spiro atoms. The summed E-state index contributed by atoms with van der Waals surface area (Å²) >= 11 is 0. The molecule has 2 aromatic rings. The second kappa shape index (κ2) is 8.78. The van der Waals surface area contributed by atoms with Crippen molar-refractivity contribution in [3.05, 3.63) is 62.7 Å². The summed E-state index contributed by atoms with van der Waals surface area (Å²) in [5.41, 5.74) is -0.872. The zero-order chi connectivity index (χ0) is 18.2. The van der Waals surface area contributed by atoms with E-state index in [1.165, 1.54) is 0 Å². The fourth-order valence-corrected chi connectivity index (χ4v) is 2.15. The number of aliphatic hydroxyl groups excluding tert-OH is 1. The number of aromatic amines is 1. The molecule has 9 heteroatoms. The van der Waals surface area contributed by atoms with Gasteiger partial charge in [-0.2, -0.15) is 4.39 Å². The molecule has 1 heterocycles. The van der Waals surface area contributed by atoms with E-state index >= 15 is 0 Å². The van der Waals surface area contributed by atoms with Crippen LogP contribution in [0.15, 0.2) is 40.1 Å². The molecule has 0 atom stereocenters. The van der Waals surface area contributed by atoms with Gasteiger partial charge in [-0.05, 0) is 24.1 Å². The lowest BCUT2D eigenvalue weighted by atomic mass is 10.2. The molecule has 0 bridgehead atoms. The Morgan fingerprint density at radius 1 is 1.28 bits per heavy atom. The first-order valence-electron chi connectivity index (χ1n) is 7.58. The highest BCUT2D eigenvalue weighted by Gasteiger charge is 2.08. The summed E-state index contributed by atoms with van der Waals surface area (Å²) in [5.74, 6) is -0.780. The first-order valence-corrected chi connectivity index (χ1v) is 7.58. The molecule has 0 radical (unpaired) electrons. The quantitative estimate of drug-likeness (QED) is 0.584. The molecule has 0 fully saturated rings. The van der Waals surface area contributed by atoms with Gasteiger partial charge in [0.1, 0.15) is 5.75 Å². The van der Waals surface area contributed by atoms with Crippen molar-refractivity contribution in [1.82, 2.24) is 14.9 Å². The molecule has 1 amide bonds. The Bertz CT molecular complexity index is 829. The van der Waals surface area contributed by atoms with Gasteiger partial charge in [-0.15, -0.1) is 0 Å². The Morgan fingerprint density at radius 3 is 2.68 bits per heavy atom. The van der Waals surface area contributed by atoms with Crippen LogP contribution in [0.2, 0.25) is 0 Å². The van der Waals surface area contributed by atoms with E-state index in [1.54, 1.807) is 24.3 Å². The molecule has 0 unspecified atom stereocenters. The van der Waals surface area contributed by atoms with Gasteiger partial charge in [0, 0.05) is 25.7 Å². The van der Waals surface area contributed by atoms with Crippen LogP contribution in [0.4, 0.5) is 4.39 Å². The highest BCUT2D eigenvalue weighted by Crippen LogP contribution is 2.11. The number of nitrogens with one attached hydrogen (secondary N) is 2. The summed E-state index contributed by atoms with van der Waals surface area (Å²) in [4.78, 5) is 36.9. The van der Waals surface area contributed by atoms with Crippen LogP contribution >= 0.6 is 0 Å². The summed E-state index contributed by atoms with van der Waals surface area (Å²) in [5, 5.41) is 11.3. The monoisotopic (exact) mass is 351 g/mol. The molecule has 1 aromatic carbocycles. The molecule has 0 aliphatic heterocycles. The van der Waals surface area contributed by atoms with Crippen LogP contribution in [-0.2, 0) is 17.9 Å². The van der Waals surface area contributed by atoms with Crippen molar-refractivity contribution >= 4 is 5.91 Å². The Kier molecular flexibility index (Phi) is 6.47. The largest absolute Gasteiger partial charge is 0.468 e. The smallest absolute Gasteiger partial charge is 0.328 e. The molecule has 0 saturated carbocycles. The molecular weight excluding hydrogens is 333 g/mol. The number of carbonyl (C=O) groups excluding carboxylic acids is 1. The lowest BCUT2D eigenvalue weighted by Crippen LogP contribution is -2.36. The van der Waals surface area contributed by atoms with Crippen molar-refractivity contribution in [2.24, 2.45) is 0 Å². The van der Waals surface area contributed by atoms with Crippen LogP contribution in [0.3, 0.4) is 0 Å². The number of hydrogen-bond acceptors (Lipinski definition) is 5. The highest BCUT2D eigenvalue weighted by atomic mass is 19.1. The number of halogens is 1. The van der Waals surface area contributed by atoms with E-state index in [1.807, 2.05) is 0 Å². The van der Waals surface area contributed by atoms with Crippen LogP contribution < -0.4 is 21.3 Å². The number of hydrogen-bond donors (Lipinski definition) is 3. The molecule has 3 N–H and O–H groups in total. The molecule has 0 saturated heterocycles. The summed E-state index contributed by atoms with van der Waals surface area (Å²) in [6, 6.07) is 6.83. The first kappa shape index (κ1) is 18.4. The van der Waals surface area contributed by atoms with Gasteiger partial charge in [0.25, 0.3) is 5.56 Å². The number of H-pyrrole nitrogens is 1. The third-order valence-corrected chi connectivity index (χ3v) is 3.45. The third-order valence-electron chi connectivity index (χ3n) is 3.45. The number of aliphatic hydroxyl groups is 1. The molecule has 0 aliphatic carbocycles. The maximum absolute atomic E-state index is 13.1. The van der Waals surface area contributed by atoms with E-state index in [9.17, 15) is 18.8 Å². The zero-order valence-corrected chi connectivity index (χ0v) is 13.3. The fourth-order valence-electron chi connectivity index (χ4n) is 2.15. The minimum absolute atomic E-state index is 0.0491. The van der Waals surface area contributed by atoms with Crippen LogP contribution in [0.5, 0.6) is 5.75 Å². The third kappa shape index (κ3) is 5.28. The minimum atomic E-state index is -1.04. The summed E-state index contributed by atoms with van der Waals surface area (Å²) in [6.45, 7) is -0.154. The second-order valence-electron chi connectivity index (χ2n) is 5.20. The average Bonchev–Trinajstić information content (AvgIpc) is 2.61.